The third-order valence-electron chi connectivity index (χ3n) is 3.46. The van der Waals surface area contributed by atoms with Crippen molar-refractivity contribution in [1.82, 2.24) is 0 Å². The average Bonchev–Trinajstić information content (AvgIpc) is 2.57. The Hall–Kier alpha value is -2.40. The van der Waals surface area contributed by atoms with Crippen LogP contribution >= 0.6 is 11.6 Å². The fourth-order valence-electron chi connectivity index (χ4n) is 2.07. The molecule has 0 bridgehead atoms. The SMILES string of the molecule is COc1cc(OC)cc(OC(C)C(=O)Nc2cc(Cl)ccc2C)c1. The zero-order valence-corrected chi connectivity index (χ0v) is 14.8. The first-order chi connectivity index (χ1) is 11.4. The van der Waals surface area contributed by atoms with E-state index in [1.54, 1.807) is 51.5 Å². The Kier molecular flexibility index (Phi) is 5.93. The largest absolute Gasteiger partial charge is 0.496 e. The van der Waals surface area contributed by atoms with Crippen LogP contribution in [0.2, 0.25) is 5.02 Å². The smallest absolute Gasteiger partial charge is 0.265 e. The lowest BCUT2D eigenvalue weighted by Crippen LogP contribution is -2.30. The second-order valence-corrected chi connectivity index (χ2v) is 5.69. The zero-order chi connectivity index (χ0) is 17.7. The molecule has 0 saturated carbocycles. The highest BCUT2D eigenvalue weighted by Crippen LogP contribution is 2.28. The summed E-state index contributed by atoms with van der Waals surface area (Å²) in [4.78, 5) is 12.3. The summed E-state index contributed by atoms with van der Waals surface area (Å²) in [7, 11) is 3.10. The monoisotopic (exact) mass is 349 g/mol. The first-order valence-corrected chi connectivity index (χ1v) is 7.77. The highest BCUT2D eigenvalue weighted by atomic mass is 35.5. The minimum absolute atomic E-state index is 0.276. The molecular weight excluding hydrogens is 330 g/mol. The minimum Gasteiger partial charge on any atom is -0.496 e. The molecular formula is C18H20ClNO4. The van der Waals surface area contributed by atoms with E-state index in [-0.39, 0.29) is 5.91 Å². The van der Waals surface area contributed by atoms with E-state index in [1.165, 1.54) is 0 Å². The zero-order valence-electron chi connectivity index (χ0n) is 14.1. The molecule has 128 valence electrons. The van der Waals surface area contributed by atoms with Gasteiger partial charge in [-0.1, -0.05) is 17.7 Å². The molecule has 2 aromatic rings. The van der Waals surface area contributed by atoms with Crippen LogP contribution in [0.4, 0.5) is 5.69 Å². The van der Waals surface area contributed by atoms with E-state index in [2.05, 4.69) is 5.32 Å². The molecule has 1 unspecified atom stereocenters. The molecule has 2 rings (SSSR count). The van der Waals surface area contributed by atoms with Gasteiger partial charge in [0.1, 0.15) is 17.2 Å². The van der Waals surface area contributed by atoms with Gasteiger partial charge < -0.3 is 19.5 Å². The lowest BCUT2D eigenvalue weighted by atomic mass is 10.2. The molecule has 0 spiro atoms. The second-order valence-electron chi connectivity index (χ2n) is 5.26. The van der Waals surface area contributed by atoms with Crippen molar-refractivity contribution >= 4 is 23.2 Å². The number of aryl methyl sites for hydroxylation is 1. The predicted molar refractivity (Wildman–Crippen MR) is 94.5 cm³/mol. The summed E-state index contributed by atoms with van der Waals surface area (Å²) in [6, 6.07) is 10.4. The summed E-state index contributed by atoms with van der Waals surface area (Å²) in [5, 5.41) is 3.37. The van der Waals surface area contributed by atoms with Crippen LogP contribution in [0.1, 0.15) is 12.5 Å². The highest BCUT2D eigenvalue weighted by Gasteiger charge is 2.17. The fraction of sp³-hybridized carbons (Fsp3) is 0.278. The average molecular weight is 350 g/mol. The van der Waals surface area contributed by atoms with Crippen molar-refractivity contribution in [2.45, 2.75) is 20.0 Å². The molecule has 24 heavy (non-hydrogen) atoms. The molecule has 0 aliphatic heterocycles. The standard InChI is InChI=1S/C18H20ClNO4/c1-11-5-6-13(19)7-17(11)20-18(21)12(2)24-16-9-14(22-3)8-15(10-16)23-4/h5-10,12H,1-4H3,(H,20,21). The number of hydrogen-bond acceptors (Lipinski definition) is 4. The fourth-order valence-corrected chi connectivity index (χ4v) is 2.24. The predicted octanol–water partition coefficient (Wildman–Crippen LogP) is 4.07. The molecule has 0 aromatic heterocycles. The number of rotatable bonds is 6. The first kappa shape index (κ1) is 17.9. The van der Waals surface area contributed by atoms with E-state index in [0.29, 0.717) is 28.0 Å². The van der Waals surface area contributed by atoms with Gasteiger partial charge in [-0.05, 0) is 31.5 Å². The van der Waals surface area contributed by atoms with Gasteiger partial charge in [-0.15, -0.1) is 0 Å². The van der Waals surface area contributed by atoms with Gasteiger partial charge >= 0.3 is 0 Å². The van der Waals surface area contributed by atoms with Crippen molar-refractivity contribution in [3.8, 4) is 17.2 Å². The summed E-state index contributed by atoms with van der Waals surface area (Å²) < 4.78 is 16.1. The van der Waals surface area contributed by atoms with E-state index in [4.69, 9.17) is 25.8 Å². The summed E-state index contributed by atoms with van der Waals surface area (Å²) in [6.45, 7) is 3.56. The number of anilines is 1. The Bertz CT molecular complexity index is 711. The van der Waals surface area contributed by atoms with Crippen LogP contribution in [0.5, 0.6) is 17.2 Å². The van der Waals surface area contributed by atoms with E-state index in [0.717, 1.165) is 5.56 Å². The van der Waals surface area contributed by atoms with Gasteiger partial charge in [-0.2, -0.15) is 0 Å². The van der Waals surface area contributed by atoms with Crippen LogP contribution in [-0.4, -0.2) is 26.2 Å². The van der Waals surface area contributed by atoms with Gasteiger partial charge in [0.15, 0.2) is 6.10 Å². The first-order valence-electron chi connectivity index (χ1n) is 7.39. The molecule has 0 aliphatic rings. The molecule has 1 amide bonds. The molecule has 0 heterocycles. The van der Waals surface area contributed by atoms with Crippen molar-refractivity contribution in [3.05, 3.63) is 47.0 Å². The van der Waals surface area contributed by atoms with Crippen molar-refractivity contribution in [2.24, 2.45) is 0 Å². The third kappa shape index (κ3) is 4.55. The Labute approximate surface area is 146 Å². The number of carbonyl (C=O) groups is 1. The molecule has 6 heteroatoms. The van der Waals surface area contributed by atoms with Crippen LogP contribution in [0, 0.1) is 6.92 Å². The van der Waals surface area contributed by atoms with Gasteiger partial charge in [0, 0.05) is 28.9 Å². The minimum atomic E-state index is -0.708. The van der Waals surface area contributed by atoms with Gasteiger partial charge in [0.25, 0.3) is 5.91 Å². The Morgan fingerprint density at radius 1 is 1.04 bits per heavy atom. The highest BCUT2D eigenvalue weighted by molar-refractivity contribution is 6.31. The summed E-state index contributed by atoms with van der Waals surface area (Å²) in [5.41, 5.74) is 1.58. The van der Waals surface area contributed by atoms with Crippen molar-refractivity contribution in [3.63, 3.8) is 0 Å². The maximum Gasteiger partial charge on any atom is 0.265 e. The van der Waals surface area contributed by atoms with Crippen LogP contribution in [0.15, 0.2) is 36.4 Å². The summed E-state index contributed by atoms with van der Waals surface area (Å²) >= 11 is 5.97. The molecule has 0 saturated heterocycles. The number of nitrogens with one attached hydrogen (secondary N) is 1. The Morgan fingerprint density at radius 3 is 2.21 bits per heavy atom. The molecule has 1 N–H and O–H groups in total. The quantitative estimate of drug-likeness (QED) is 0.854. The van der Waals surface area contributed by atoms with Crippen molar-refractivity contribution in [1.29, 1.82) is 0 Å². The van der Waals surface area contributed by atoms with Gasteiger partial charge in [0.2, 0.25) is 0 Å². The van der Waals surface area contributed by atoms with Gasteiger partial charge in [0.05, 0.1) is 14.2 Å². The maximum atomic E-state index is 12.3. The van der Waals surface area contributed by atoms with Crippen molar-refractivity contribution in [2.75, 3.05) is 19.5 Å². The number of hydrogen-bond donors (Lipinski definition) is 1. The normalized spacial score (nSPS) is 11.5. The Morgan fingerprint density at radius 2 is 1.62 bits per heavy atom. The van der Waals surface area contributed by atoms with E-state index >= 15 is 0 Å². The topological polar surface area (TPSA) is 56.8 Å². The van der Waals surface area contributed by atoms with E-state index < -0.39 is 6.10 Å². The van der Waals surface area contributed by atoms with Crippen LogP contribution in [0.3, 0.4) is 0 Å². The lowest BCUT2D eigenvalue weighted by Gasteiger charge is -2.17. The number of halogens is 1. The van der Waals surface area contributed by atoms with Crippen LogP contribution < -0.4 is 19.5 Å². The number of methoxy groups -OCH3 is 2. The molecule has 1 atom stereocenters. The number of carbonyl (C=O) groups excluding carboxylic acids is 1. The van der Waals surface area contributed by atoms with E-state index in [9.17, 15) is 4.79 Å². The maximum absolute atomic E-state index is 12.3. The molecule has 0 radical (unpaired) electrons. The summed E-state index contributed by atoms with van der Waals surface area (Å²) in [6.07, 6.45) is -0.708. The number of benzene rings is 2. The van der Waals surface area contributed by atoms with Crippen LogP contribution in [-0.2, 0) is 4.79 Å². The number of ether oxygens (including phenoxy) is 3. The Balaban J connectivity index is 2.10. The van der Waals surface area contributed by atoms with Crippen LogP contribution in [0.25, 0.3) is 0 Å². The van der Waals surface area contributed by atoms with Gasteiger partial charge in [-0.3, -0.25) is 4.79 Å². The van der Waals surface area contributed by atoms with E-state index in [1.807, 2.05) is 13.0 Å². The molecule has 0 aliphatic carbocycles. The second kappa shape index (κ2) is 7.93. The third-order valence-corrected chi connectivity index (χ3v) is 3.70. The molecule has 2 aromatic carbocycles. The molecule has 0 fully saturated rings. The van der Waals surface area contributed by atoms with Crippen molar-refractivity contribution < 1.29 is 19.0 Å². The lowest BCUT2D eigenvalue weighted by molar-refractivity contribution is -0.122. The summed E-state index contributed by atoms with van der Waals surface area (Å²) in [5.74, 6) is 1.38. The molecule has 5 nitrogen and oxygen atoms in total. The number of amides is 1. The van der Waals surface area contributed by atoms with Gasteiger partial charge in [-0.25, -0.2) is 0 Å².